The van der Waals surface area contributed by atoms with Gasteiger partial charge in [-0.15, -0.1) is 0 Å². The van der Waals surface area contributed by atoms with Crippen LogP contribution in [0, 0.1) is 5.82 Å². The molecule has 0 radical (unpaired) electrons. The first kappa shape index (κ1) is 19.2. The van der Waals surface area contributed by atoms with Gasteiger partial charge in [0.1, 0.15) is 5.82 Å². The van der Waals surface area contributed by atoms with Gasteiger partial charge in [0.05, 0.1) is 0 Å². The lowest BCUT2D eigenvalue weighted by Gasteiger charge is -2.36. The van der Waals surface area contributed by atoms with Gasteiger partial charge < -0.3 is 10.2 Å². The molecule has 0 saturated carbocycles. The van der Waals surface area contributed by atoms with E-state index in [0.29, 0.717) is 5.56 Å². The number of para-hydroxylation sites is 1. The summed E-state index contributed by atoms with van der Waals surface area (Å²) in [6.07, 6.45) is 0. The van der Waals surface area contributed by atoms with Gasteiger partial charge in [-0.3, -0.25) is 9.69 Å². The molecule has 1 amide bonds. The van der Waals surface area contributed by atoms with E-state index < -0.39 is 0 Å². The van der Waals surface area contributed by atoms with Gasteiger partial charge in [0.2, 0.25) is 0 Å². The summed E-state index contributed by atoms with van der Waals surface area (Å²) >= 11 is 0. The molecule has 0 aliphatic carbocycles. The molecule has 5 heteroatoms. The van der Waals surface area contributed by atoms with E-state index in [1.54, 1.807) is 0 Å². The second-order valence-corrected chi connectivity index (χ2v) is 7.26. The Morgan fingerprint density at radius 3 is 2.14 bits per heavy atom. The van der Waals surface area contributed by atoms with Gasteiger partial charge >= 0.3 is 0 Å². The fourth-order valence-corrected chi connectivity index (χ4v) is 3.56. The predicted molar refractivity (Wildman–Crippen MR) is 115 cm³/mol. The molecule has 0 atom stereocenters. The average molecular weight is 389 g/mol. The topological polar surface area (TPSA) is 35.6 Å². The minimum absolute atomic E-state index is 0.241. The van der Waals surface area contributed by atoms with Crippen LogP contribution in [0.3, 0.4) is 0 Å². The molecule has 4 nitrogen and oxygen atoms in total. The maximum atomic E-state index is 13.0. The zero-order chi connectivity index (χ0) is 20.1. The quantitative estimate of drug-likeness (QED) is 0.703. The second-order valence-electron chi connectivity index (χ2n) is 7.26. The summed E-state index contributed by atoms with van der Waals surface area (Å²) in [6, 6.07) is 24.0. The second kappa shape index (κ2) is 8.88. The Bertz CT molecular complexity index is 934. The van der Waals surface area contributed by atoms with Crippen LogP contribution in [0.4, 0.5) is 15.8 Å². The number of hydrogen-bond donors (Lipinski definition) is 1. The van der Waals surface area contributed by atoms with E-state index in [4.69, 9.17) is 0 Å². The van der Waals surface area contributed by atoms with Crippen molar-refractivity contribution in [3.8, 4) is 0 Å². The summed E-state index contributed by atoms with van der Waals surface area (Å²) in [4.78, 5) is 17.1. The van der Waals surface area contributed by atoms with Gasteiger partial charge in [0.25, 0.3) is 5.91 Å². The number of hydrogen-bond acceptors (Lipinski definition) is 3. The number of benzene rings is 3. The minimum atomic E-state index is -0.351. The molecule has 0 aromatic heterocycles. The van der Waals surface area contributed by atoms with Crippen LogP contribution >= 0.6 is 0 Å². The fraction of sp³-hybridized carbons (Fsp3) is 0.208. The van der Waals surface area contributed by atoms with Crippen molar-refractivity contribution in [2.24, 2.45) is 0 Å². The number of piperazine rings is 1. The normalized spacial score (nSPS) is 14.6. The van der Waals surface area contributed by atoms with Crippen LogP contribution in [0.1, 0.15) is 15.9 Å². The maximum Gasteiger partial charge on any atom is 0.255 e. The van der Waals surface area contributed by atoms with Crippen LogP contribution in [0.2, 0.25) is 0 Å². The number of carbonyl (C=O) groups is 1. The van der Waals surface area contributed by atoms with Crippen LogP contribution in [0.15, 0.2) is 78.9 Å². The highest BCUT2D eigenvalue weighted by Gasteiger charge is 2.17. The van der Waals surface area contributed by atoms with Crippen LogP contribution in [0.25, 0.3) is 0 Å². The van der Waals surface area contributed by atoms with E-state index in [1.165, 1.54) is 35.5 Å². The third-order valence-corrected chi connectivity index (χ3v) is 5.22. The largest absolute Gasteiger partial charge is 0.369 e. The zero-order valence-corrected chi connectivity index (χ0v) is 16.2. The van der Waals surface area contributed by atoms with Gasteiger partial charge in [-0.1, -0.05) is 30.3 Å². The van der Waals surface area contributed by atoms with Gasteiger partial charge in [0.15, 0.2) is 0 Å². The van der Waals surface area contributed by atoms with Crippen molar-refractivity contribution in [3.05, 3.63) is 95.8 Å². The molecule has 1 aliphatic heterocycles. The Morgan fingerprint density at radius 2 is 1.48 bits per heavy atom. The highest BCUT2D eigenvalue weighted by atomic mass is 19.1. The first-order chi connectivity index (χ1) is 14.2. The smallest absolute Gasteiger partial charge is 0.255 e. The van der Waals surface area contributed by atoms with Gasteiger partial charge in [-0.05, 0) is 54.1 Å². The van der Waals surface area contributed by atoms with E-state index in [1.807, 2.05) is 30.3 Å². The molecule has 3 aromatic rings. The number of amides is 1. The highest BCUT2D eigenvalue weighted by Crippen LogP contribution is 2.18. The zero-order valence-electron chi connectivity index (χ0n) is 16.2. The summed E-state index contributed by atoms with van der Waals surface area (Å²) in [5, 5.41) is 2.85. The summed E-state index contributed by atoms with van der Waals surface area (Å²) in [6.45, 7) is 5.00. The van der Waals surface area contributed by atoms with Gasteiger partial charge in [-0.2, -0.15) is 0 Å². The fourth-order valence-electron chi connectivity index (χ4n) is 3.56. The Morgan fingerprint density at radius 1 is 0.828 bits per heavy atom. The summed E-state index contributed by atoms with van der Waals surface area (Å²) in [7, 11) is 0. The molecule has 148 valence electrons. The van der Waals surface area contributed by atoms with Gasteiger partial charge in [0, 0.05) is 49.7 Å². The Kier molecular flexibility index (Phi) is 5.86. The molecule has 1 saturated heterocycles. The molecule has 3 aromatic carbocycles. The number of halogens is 1. The van der Waals surface area contributed by atoms with E-state index in [-0.39, 0.29) is 11.7 Å². The molecule has 1 heterocycles. The Balaban J connectivity index is 1.28. The van der Waals surface area contributed by atoms with Gasteiger partial charge in [-0.25, -0.2) is 4.39 Å². The van der Waals surface area contributed by atoms with Crippen LogP contribution in [-0.2, 0) is 6.54 Å². The highest BCUT2D eigenvalue weighted by molar-refractivity contribution is 6.04. The molecule has 4 rings (SSSR count). The van der Waals surface area contributed by atoms with Crippen LogP contribution in [-0.4, -0.2) is 37.0 Å². The molecule has 0 unspecified atom stereocenters. The molecular weight excluding hydrogens is 365 g/mol. The van der Waals surface area contributed by atoms with Crippen LogP contribution in [0.5, 0.6) is 0 Å². The number of carbonyl (C=O) groups excluding carboxylic acids is 1. The van der Waals surface area contributed by atoms with Crippen molar-refractivity contribution in [1.82, 2.24) is 4.90 Å². The number of anilines is 2. The Labute approximate surface area is 170 Å². The monoisotopic (exact) mass is 389 g/mol. The maximum absolute atomic E-state index is 13.0. The first-order valence-electron chi connectivity index (χ1n) is 9.85. The van der Waals surface area contributed by atoms with E-state index in [9.17, 15) is 9.18 Å². The van der Waals surface area contributed by atoms with Crippen LogP contribution < -0.4 is 10.2 Å². The number of nitrogens with one attached hydrogen (secondary N) is 1. The van der Waals surface area contributed by atoms with Crippen molar-refractivity contribution >= 4 is 17.3 Å². The van der Waals surface area contributed by atoms with Crippen molar-refractivity contribution in [2.45, 2.75) is 6.54 Å². The molecule has 1 N–H and O–H groups in total. The molecule has 0 bridgehead atoms. The van der Waals surface area contributed by atoms with E-state index >= 15 is 0 Å². The molecular formula is C24H24FN3O. The SMILES string of the molecule is O=C(Nc1ccc(CN2CCN(c3ccccc3)CC2)cc1)c1ccc(F)cc1. The van der Waals surface area contributed by atoms with E-state index in [0.717, 1.165) is 38.4 Å². The van der Waals surface area contributed by atoms with Crippen molar-refractivity contribution in [3.63, 3.8) is 0 Å². The first-order valence-corrected chi connectivity index (χ1v) is 9.85. The number of rotatable bonds is 5. The average Bonchev–Trinajstić information content (AvgIpc) is 2.77. The summed E-state index contributed by atoms with van der Waals surface area (Å²) in [5.41, 5.74) is 3.68. The molecule has 1 aliphatic rings. The third kappa shape index (κ3) is 5.00. The summed E-state index contributed by atoms with van der Waals surface area (Å²) < 4.78 is 13.0. The summed E-state index contributed by atoms with van der Waals surface area (Å²) in [5.74, 6) is -0.592. The molecule has 1 fully saturated rings. The van der Waals surface area contributed by atoms with Crippen molar-refractivity contribution in [2.75, 3.05) is 36.4 Å². The Hall–Kier alpha value is -3.18. The lowest BCUT2D eigenvalue weighted by atomic mass is 10.1. The molecule has 29 heavy (non-hydrogen) atoms. The van der Waals surface area contributed by atoms with E-state index in [2.05, 4.69) is 39.4 Å². The minimum Gasteiger partial charge on any atom is -0.369 e. The number of nitrogens with zero attached hydrogens (tertiary/aromatic N) is 2. The lowest BCUT2D eigenvalue weighted by Crippen LogP contribution is -2.45. The predicted octanol–water partition coefficient (Wildman–Crippen LogP) is 4.40. The van der Waals surface area contributed by atoms with Crippen molar-refractivity contribution in [1.29, 1.82) is 0 Å². The standard InChI is InChI=1S/C24H24FN3O/c25-21-10-8-20(9-11-21)24(29)26-22-12-6-19(7-13-22)18-27-14-16-28(17-15-27)23-4-2-1-3-5-23/h1-13H,14-18H2,(H,26,29). The third-order valence-electron chi connectivity index (χ3n) is 5.22. The van der Waals surface area contributed by atoms with Crippen molar-refractivity contribution < 1.29 is 9.18 Å². The lowest BCUT2D eigenvalue weighted by molar-refractivity contribution is 0.102. The molecule has 0 spiro atoms.